The van der Waals surface area contributed by atoms with Gasteiger partial charge in [-0.15, -0.1) is 0 Å². The van der Waals surface area contributed by atoms with E-state index in [4.69, 9.17) is 37.1 Å². The molecule has 0 saturated carbocycles. The summed E-state index contributed by atoms with van der Waals surface area (Å²) in [6, 6.07) is 16.9. The van der Waals surface area contributed by atoms with Crippen molar-refractivity contribution in [2.24, 2.45) is 0 Å². The predicted molar refractivity (Wildman–Crippen MR) is 107 cm³/mol. The number of nitrogens with one attached hydrogen (secondary N) is 2. The van der Waals surface area contributed by atoms with Crippen LogP contribution in [-0.2, 0) is 11.4 Å². The highest BCUT2D eigenvalue weighted by atomic mass is 35.5. The molecule has 0 unspecified atom stereocenters. The summed E-state index contributed by atoms with van der Waals surface area (Å²) in [5.74, 6) is 0.218. The molecule has 0 radical (unpaired) electrons. The van der Waals surface area contributed by atoms with Crippen LogP contribution < -0.4 is 20.3 Å². The van der Waals surface area contributed by atoms with Crippen LogP contribution in [0.4, 0.5) is 0 Å². The van der Waals surface area contributed by atoms with Gasteiger partial charge in [-0.3, -0.25) is 20.4 Å². The van der Waals surface area contributed by atoms with E-state index < -0.39 is 11.8 Å². The van der Waals surface area contributed by atoms with Crippen LogP contribution in [0.25, 0.3) is 0 Å². The molecule has 9 heteroatoms. The molecule has 1 heterocycles. The molecule has 0 spiro atoms. The Labute approximate surface area is 176 Å². The number of hydrazine groups is 1. The minimum Gasteiger partial charge on any atom is -0.486 e. The van der Waals surface area contributed by atoms with Crippen molar-refractivity contribution < 1.29 is 23.5 Å². The zero-order valence-corrected chi connectivity index (χ0v) is 16.5. The van der Waals surface area contributed by atoms with E-state index in [9.17, 15) is 9.59 Å². The Morgan fingerprint density at radius 1 is 0.931 bits per heavy atom. The molecule has 0 aliphatic rings. The smallest absolute Gasteiger partial charge is 0.305 e. The number of halogens is 2. The second-order valence-corrected chi connectivity index (χ2v) is 6.58. The van der Waals surface area contributed by atoms with Gasteiger partial charge in [0.05, 0.1) is 5.02 Å². The van der Waals surface area contributed by atoms with Gasteiger partial charge in [0.15, 0.2) is 12.4 Å². The number of carbonyl (C=O) groups excluding carboxylic acids is 2. The summed E-state index contributed by atoms with van der Waals surface area (Å²) in [5, 5.41) is 0.732. The first-order chi connectivity index (χ1) is 14.0. The molecule has 0 aliphatic heterocycles. The Morgan fingerprint density at radius 3 is 2.52 bits per heavy atom. The van der Waals surface area contributed by atoms with Crippen molar-refractivity contribution in [2.75, 3.05) is 6.61 Å². The molecule has 7 nitrogen and oxygen atoms in total. The lowest BCUT2D eigenvalue weighted by Gasteiger charge is -2.09. The fourth-order valence-electron chi connectivity index (χ4n) is 2.20. The van der Waals surface area contributed by atoms with E-state index in [1.807, 2.05) is 30.3 Å². The van der Waals surface area contributed by atoms with E-state index in [-0.39, 0.29) is 24.7 Å². The van der Waals surface area contributed by atoms with E-state index in [0.29, 0.717) is 21.6 Å². The maximum atomic E-state index is 12.1. The summed E-state index contributed by atoms with van der Waals surface area (Å²) in [4.78, 5) is 23.9. The zero-order valence-electron chi connectivity index (χ0n) is 15.0. The Morgan fingerprint density at radius 2 is 1.72 bits per heavy atom. The lowest BCUT2D eigenvalue weighted by Crippen LogP contribution is -2.43. The van der Waals surface area contributed by atoms with Crippen molar-refractivity contribution in [3.8, 4) is 11.5 Å². The molecule has 2 N–H and O–H groups in total. The van der Waals surface area contributed by atoms with Crippen LogP contribution in [0, 0.1) is 0 Å². The average Bonchev–Trinajstić information content (AvgIpc) is 3.21. The Hall–Kier alpha value is -3.16. The van der Waals surface area contributed by atoms with Crippen LogP contribution in [0.1, 0.15) is 16.3 Å². The van der Waals surface area contributed by atoms with Gasteiger partial charge in [-0.25, -0.2) is 0 Å². The molecule has 29 heavy (non-hydrogen) atoms. The third-order valence-corrected chi connectivity index (χ3v) is 4.12. The molecule has 0 bridgehead atoms. The quantitative estimate of drug-likeness (QED) is 0.548. The summed E-state index contributed by atoms with van der Waals surface area (Å²) in [6.07, 6.45) is 0. The zero-order chi connectivity index (χ0) is 20.6. The summed E-state index contributed by atoms with van der Waals surface area (Å²) in [5.41, 5.74) is 4.46. The first-order valence-corrected chi connectivity index (χ1v) is 9.20. The highest BCUT2D eigenvalue weighted by molar-refractivity contribution is 6.34. The monoisotopic (exact) mass is 434 g/mol. The van der Waals surface area contributed by atoms with Crippen molar-refractivity contribution in [2.45, 2.75) is 6.61 Å². The number of rotatable bonds is 7. The molecule has 0 atom stereocenters. The van der Waals surface area contributed by atoms with Crippen molar-refractivity contribution in [3.63, 3.8) is 0 Å². The molecule has 2 aromatic carbocycles. The van der Waals surface area contributed by atoms with E-state index in [1.165, 1.54) is 12.1 Å². The van der Waals surface area contributed by atoms with Gasteiger partial charge in [0, 0.05) is 11.1 Å². The normalized spacial score (nSPS) is 10.3. The second kappa shape index (κ2) is 9.86. The number of ether oxygens (including phenoxy) is 2. The molecule has 2 amide bonds. The largest absolute Gasteiger partial charge is 0.486 e. The third kappa shape index (κ3) is 6.17. The molecular weight excluding hydrogens is 419 g/mol. The van der Waals surface area contributed by atoms with E-state index >= 15 is 0 Å². The first kappa shape index (κ1) is 20.6. The molecule has 1 aromatic heterocycles. The number of hydrogen-bond donors (Lipinski definition) is 2. The van der Waals surface area contributed by atoms with Gasteiger partial charge in [-0.2, -0.15) is 0 Å². The molecule has 0 saturated heterocycles. The minimum atomic E-state index is -0.620. The van der Waals surface area contributed by atoms with Gasteiger partial charge in [-0.05, 0) is 36.4 Å². The SMILES string of the molecule is O=C(COc1cc(Cl)ccc1Cl)NNC(=O)c1ccc(COc2ccccc2)o1. The Bertz CT molecular complexity index is 992. The van der Waals surface area contributed by atoms with Gasteiger partial charge < -0.3 is 13.9 Å². The van der Waals surface area contributed by atoms with Crippen LogP contribution in [-0.4, -0.2) is 18.4 Å². The number of para-hydroxylation sites is 1. The summed E-state index contributed by atoms with van der Waals surface area (Å²) in [6.45, 7) is -0.202. The first-order valence-electron chi connectivity index (χ1n) is 8.45. The fraction of sp³-hybridized carbons (Fsp3) is 0.100. The van der Waals surface area contributed by atoms with E-state index in [1.54, 1.807) is 18.2 Å². The summed E-state index contributed by atoms with van der Waals surface area (Å²) < 4.78 is 16.2. The third-order valence-electron chi connectivity index (χ3n) is 3.58. The van der Waals surface area contributed by atoms with Crippen LogP contribution >= 0.6 is 23.2 Å². The number of amides is 2. The topological polar surface area (TPSA) is 89.8 Å². The standard InChI is InChI=1S/C20H16Cl2N2O5/c21-13-6-8-16(22)18(10-13)28-12-19(25)23-24-20(26)17-9-7-15(29-17)11-27-14-4-2-1-3-5-14/h1-10H,11-12H2,(H,23,25)(H,24,26). The lowest BCUT2D eigenvalue weighted by atomic mass is 10.3. The number of benzene rings is 2. The van der Waals surface area contributed by atoms with E-state index in [0.717, 1.165) is 0 Å². The highest BCUT2D eigenvalue weighted by Gasteiger charge is 2.13. The molecule has 0 aliphatic carbocycles. The molecule has 3 rings (SSSR count). The highest BCUT2D eigenvalue weighted by Crippen LogP contribution is 2.27. The lowest BCUT2D eigenvalue weighted by molar-refractivity contribution is -0.123. The van der Waals surface area contributed by atoms with Gasteiger partial charge in [0.2, 0.25) is 0 Å². The maximum Gasteiger partial charge on any atom is 0.305 e. The molecule has 150 valence electrons. The van der Waals surface area contributed by atoms with Gasteiger partial charge in [-0.1, -0.05) is 41.4 Å². The molecule has 0 fully saturated rings. The van der Waals surface area contributed by atoms with Crippen LogP contribution in [0.3, 0.4) is 0 Å². The van der Waals surface area contributed by atoms with Crippen LogP contribution in [0.5, 0.6) is 11.5 Å². The molecular formula is C20H16Cl2N2O5. The Kier molecular flexibility index (Phi) is 6.99. The Balaban J connectivity index is 1.43. The van der Waals surface area contributed by atoms with Crippen molar-refractivity contribution in [1.82, 2.24) is 10.9 Å². The van der Waals surface area contributed by atoms with Crippen LogP contribution in [0.2, 0.25) is 10.0 Å². The van der Waals surface area contributed by atoms with Crippen molar-refractivity contribution in [3.05, 3.63) is 82.2 Å². The van der Waals surface area contributed by atoms with Gasteiger partial charge >= 0.3 is 5.91 Å². The van der Waals surface area contributed by atoms with Crippen molar-refractivity contribution >= 4 is 35.0 Å². The van der Waals surface area contributed by atoms with E-state index in [2.05, 4.69) is 10.9 Å². The minimum absolute atomic E-state index is 0.0239. The second-order valence-electron chi connectivity index (χ2n) is 5.73. The number of furan rings is 1. The predicted octanol–water partition coefficient (Wildman–Crippen LogP) is 4.01. The van der Waals surface area contributed by atoms with Gasteiger partial charge in [0.1, 0.15) is 23.9 Å². The summed E-state index contributed by atoms with van der Waals surface area (Å²) in [7, 11) is 0. The van der Waals surface area contributed by atoms with Gasteiger partial charge in [0.25, 0.3) is 5.91 Å². The fourth-order valence-corrected chi connectivity index (χ4v) is 2.54. The maximum absolute atomic E-state index is 12.1. The average molecular weight is 435 g/mol. The number of hydrogen-bond acceptors (Lipinski definition) is 5. The van der Waals surface area contributed by atoms with Crippen LogP contribution in [0.15, 0.2) is 65.1 Å². The molecule has 3 aromatic rings. The number of carbonyl (C=O) groups is 2. The van der Waals surface area contributed by atoms with Crippen molar-refractivity contribution in [1.29, 1.82) is 0 Å². The summed E-state index contributed by atoms with van der Waals surface area (Å²) >= 11 is 11.8.